The standard InChI is InChI=1S/C16H21N3O/c1-19-11-15(17-18-19)10-14-9-13(7-8-16(14)20)12-5-3-2-4-6-12/h2-6,11,13-14,16,20H,7-10H2,1H3. The molecule has 2 aromatic rings. The summed E-state index contributed by atoms with van der Waals surface area (Å²) >= 11 is 0. The summed E-state index contributed by atoms with van der Waals surface area (Å²) in [5.41, 5.74) is 2.37. The Morgan fingerprint density at radius 2 is 2.05 bits per heavy atom. The van der Waals surface area contributed by atoms with Crippen LogP contribution >= 0.6 is 0 Å². The molecule has 3 atom stereocenters. The van der Waals surface area contributed by atoms with Gasteiger partial charge in [0.05, 0.1) is 11.8 Å². The van der Waals surface area contributed by atoms with Crippen molar-refractivity contribution in [2.45, 2.75) is 37.7 Å². The van der Waals surface area contributed by atoms with Gasteiger partial charge in [0.2, 0.25) is 0 Å². The van der Waals surface area contributed by atoms with Crippen molar-refractivity contribution in [1.82, 2.24) is 15.0 Å². The fraction of sp³-hybridized carbons (Fsp3) is 0.500. The Labute approximate surface area is 119 Å². The van der Waals surface area contributed by atoms with Gasteiger partial charge in [-0.3, -0.25) is 4.68 Å². The molecule has 106 valence electrons. The largest absolute Gasteiger partial charge is 0.393 e. The first-order chi connectivity index (χ1) is 9.72. The third kappa shape index (κ3) is 2.90. The second-order valence-corrected chi connectivity index (χ2v) is 5.84. The van der Waals surface area contributed by atoms with Gasteiger partial charge in [-0.2, -0.15) is 0 Å². The lowest BCUT2D eigenvalue weighted by atomic mass is 9.75. The number of aromatic nitrogens is 3. The van der Waals surface area contributed by atoms with Crippen LogP contribution in [0.2, 0.25) is 0 Å². The lowest BCUT2D eigenvalue weighted by Crippen LogP contribution is -2.30. The number of nitrogens with zero attached hydrogens (tertiary/aromatic N) is 3. The van der Waals surface area contributed by atoms with E-state index >= 15 is 0 Å². The van der Waals surface area contributed by atoms with E-state index in [1.807, 2.05) is 13.2 Å². The van der Waals surface area contributed by atoms with E-state index in [4.69, 9.17) is 0 Å². The van der Waals surface area contributed by atoms with Crippen LogP contribution in [-0.4, -0.2) is 26.2 Å². The number of benzene rings is 1. The molecule has 20 heavy (non-hydrogen) atoms. The van der Waals surface area contributed by atoms with E-state index in [-0.39, 0.29) is 12.0 Å². The molecule has 1 aromatic carbocycles. The van der Waals surface area contributed by atoms with Gasteiger partial charge in [-0.05, 0) is 43.1 Å². The van der Waals surface area contributed by atoms with Crippen molar-refractivity contribution in [3.8, 4) is 0 Å². The summed E-state index contributed by atoms with van der Waals surface area (Å²) in [4.78, 5) is 0. The summed E-state index contributed by atoms with van der Waals surface area (Å²) in [5.74, 6) is 0.840. The summed E-state index contributed by atoms with van der Waals surface area (Å²) in [6.07, 6.45) is 5.53. The van der Waals surface area contributed by atoms with Gasteiger partial charge >= 0.3 is 0 Å². The molecule has 1 aromatic heterocycles. The first-order valence-electron chi connectivity index (χ1n) is 7.30. The molecule has 1 N–H and O–H groups in total. The Kier molecular flexibility index (Phi) is 3.83. The number of rotatable bonds is 3. The average Bonchev–Trinajstić information content (AvgIpc) is 2.88. The predicted molar refractivity (Wildman–Crippen MR) is 77.2 cm³/mol. The molecule has 3 unspecified atom stereocenters. The number of hydrogen-bond acceptors (Lipinski definition) is 3. The fourth-order valence-corrected chi connectivity index (χ4v) is 3.25. The van der Waals surface area contributed by atoms with Crippen LogP contribution in [-0.2, 0) is 13.5 Å². The van der Waals surface area contributed by atoms with Gasteiger partial charge in [0, 0.05) is 13.2 Å². The maximum Gasteiger partial charge on any atom is 0.0830 e. The van der Waals surface area contributed by atoms with Crippen LogP contribution < -0.4 is 0 Å². The van der Waals surface area contributed by atoms with Crippen LogP contribution in [0.25, 0.3) is 0 Å². The Balaban J connectivity index is 1.70. The van der Waals surface area contributed by atoms with Crippen LogP contribution in [0.15, 0.2) is 36.5 Å². The summed E-state index contributed by atoms with van der Waals surface area (Å²) in [6, 6.07) is 10.6. The van der Waals surface area contributed by atoms with Crippen molar-refractivity contribution in [1.29, 1.82) is 0 Å². The van der Waals surface area contributed by atoms with Crippen molar-refractivity contribution in [3.05, 3.63) is 47.8 Å². The molecule has 1 aliphatic carbocycles. The minimum absolute atomic E-state index is 0.211. The number of aryl methyl sites for hydroxylation is 1. The second-order valence-electron chi connectivity index (χ2n) is 5.84. The van der Waals surface area contributed by atoms with Crippen LogP contribution in [0.4, 0.5) is 0 Å². The van der Waals surface area contributed by atoms with Crippen LogP contribution in [0.5, 0.6) is 0 Å². The summed E-state index contributed by atoms with van der Waals surface area (Å²) in [6.45, 7) is 0. The molecule has 3 rings (SSSR count). The van der Waals surface area contributed by atoms with E-state index in [0.717, 1.165) is 31.4 Å². The highest BCUT2D eigenvalue weighted by Gasteiger charge is 2.30. The highest BCUT2D eigenvalue weighted by atomic mass is 16.3. The Bertz CT molecular complexity index is 552. The van der Waals surface area contributed by atoms with E-state index < -0.39 is 0 Å². The molecule has 1 aliphatic rings. The molecule has 1 saturated carbocycles. The first-order valence-corrected chi connectivity index (χ1v) is 7.30. The summed E-state index contributed by atoms with van der Waals surface area (Å²) in [5, 5.41) is 18.4. The van der Waals surface area contributed by atoms with E-state index in [1.165, 1.54) is 5.56 Å². The third-order valence-electron chi connectivity index (χ3n) is 4.33. The predicted octanol–water partition coefficient (Wildman–Crippen LogP) is 2.30. The Morgan fingerprint density at radius 1 is 1.25 bits per heavy atom. The van der Waals surface area contributed by atoms with Crippen molar-refractivity contribution in [2.24, 2.45) is 13.0 Å². The minimum Gasteiger partial charge on any atom is -0.393 e. The highest BCUT2D eigenvalue weighted by Crippen LogP contribution is 2.37. The zero-order valence-electron chi connectivity index (χ0n) is 11.8. The van der Waals surface area contributed by atoms with E-state index in [9.17, 15) is 5.11 Å². The van der Waals surface area contributed by atoms with Gasteiger partial charge in [0.15, 0.2) is 0 Å². The van der Waals surface area contributed by atoms with E-state index in [0.29, 0.717) is 5.92 Å². The molecule has 0 bridgehead atoms. The maximum atomic E-state index is 10.2. The molecular weight excluding hydrogens is 250 g/mol. The smallest absolute Gasteiger partial charge is 0.0830 e. The van der Waals surface area contributed by atoms with Gasteiger partial charge in [0.25, 0.3) is 0 Å². The average molecular weight is 271 g/mol. The van der Waals surface area contributed by atoms with Crippen molar-refractivity contribution >= 4 is 0 Å². The van der Waals surface area contributed by atoms with Crippen LogP contribution in [0.3, 0.4) is 0 Å². The minimum atomic E-state index is -0.211. The van der Waals surface area contributed by atoms with Gasteiger partial charge in [-0.15, -0.1) is 5.10 Å². The molecule has 4 nitrogen and oxygen atoms in total. The summed E-state index contributed by atoms with van der Waals surface area (Å²) < 4.78 is 1.72. The van der Waals surface area contributed by atoms with Crippen LogP contribution in [0.1, 0.15) is 36.4 Å². The van der Waals surface area contributed by atoms with E-state index in [2.05, 4.69) is 40.6 Å². The van der Waals surface area contributed by atoms with Gasteiger partial charge in [-0.25, -0.2) is 0 Å². The number of aliphatic hydroxyl groups excluding tert-OH is 1. The van der Waals surface area contributed by atoms with Crippen molar-refractivity contribution in [2.75, 3.05) is 0 Å². The van der Waals surface area contributed by atoms with Crippen molar-refractivity contribution < 1.29 is 5.11 Å². The monoisotopic (exact) mass is 271 g/mol. The molecular formula is C16H21N3O. The lowest BCUT2D eigenvalue weighted by Gasteiger charge is -2.33. The molecule has 0 amide bonds. The Morgan fingerprint density at radius 3 is 2.75 bits per heavy atom. The third-order valence-corrected chi connectivity index (χ3v) is 4.33. The molecule has 1 fully saturated rings. The molecule has 0 spiro atoms. The number of aliphatic hydroxyl groups is 1. The first kappa shape index (κ1) is 13.3. The zero-order valence-corrected chi connectivity index (χ0v) is 11.8. The lowest BCUT2D eigenvalue weighted by molar-refractivity contribution is 0.0615. The fourth-order valence-electron chi connectivity index (χ4n) is 3.25. The van der Waals surface area contributed by atoms with Gasteiger partial charge in [0.1, 0.15) is 0 Å². The highest BCUT2D eigenvalue weighted by molar-refractivity contribution is 5.20. The second kappa shape index (κ2) is 5.75. The summed E-state index contributed by atoms with van der Waals surface area (Å²) in [7, 11) is 1.88. The topological polar surface area (TPSA) is 50.9 Å². The normalized spacial score (nSPS) is 26.6. The van der Waals surface area contributed by atoms with E-state index in [1.54, 1.807) is 4.68 Å². The zero-order chi connectivity index (χ0) is 13.9. The molecule has 0 radical (unpaired) electrons. The molecule has 0 aliphatic heterocycles. The van der Waals surface area contributed by atoms with Crippen LogP contribution in [0, 0.1) is 5.92 Å². The SMILES string of the molecule is Cn1cc(CC2CC(c3ccccc3)CCC2O)nn1. The van der Waals surface area contributed by atoms with Gasteiger partial charge in [-0.1, -0.05) is 35.5 Å². The van der Waals surface area contributed by atoms with Crippen molar-refractivity contribution in [3.63, 3.8) is 0 Å². The maximum absolute atomic E-state index is 10.2. The number of hydrogen-bond donors (Lipinski definition) is 1. The molecule has 1 heterocycles. The molecule has 4 heteroatoms. The van der Waals surface area contributed by atoms with Gasteiger partial charge < -0.3 is 5.11 Å². The quantitative estimate of drug-likeness (QED) is 0.932. The molecule has 0 saturated heterocycles. The Hall–Kier alpha value is -1.68.